The molecule has 23 heavy (non-hydrogen) atoms. The van der Waals surface area contributed by atoms with Crippen LogP contribution in [-0.4, -0.2) is 33.7 Å². The summed E-state index contributed by atoms with van der Waals surface area (Å²) in [5.41, 5.74) is 1.09. The van der Waals surface area contributed by atoms with Gasteiger partial charge in [-0.25, -0.2) is 8.42 Å². The molecule has 0 unspecified atom stereocenters. The second kappa shape index (κ2) is 7.61. The van der Waals surface area contributed by atoms with Crippen LogP contribution in [0.25, 0.3) is 0 Å². The van der Waals surface area contributed by atoms with Gasteiger partial charge < -0.3 is 5.32 Å². The maximum atomic E-state index is 12.0. The van der Waals surface area contributed by atoms with E-state index in [1.165, 1.54) is 4.31 Å². The van der Waals surface area contributed by atoms with Crippen LogP contribution in [0.15, 0.2) is 59.1 Å². The first-order valence-electron chi connectivity index (χ1n) is 6.95. The monoisotopic (exact) mass is 396 g/mol. The van der Waals surface area contributed by atoms with E-state index >= 15 is 0 Å². The molecule has 0 aliphatic rings. The first kappa shape index (κ1) is 17.5. The fourth-order valence-corrected chi connectivity index (χ4v) is 3.64. The van der Waals surface area contributed by atoms with Gasteiger partial charge in [0.1, 0.15) is 0 Å². The number of hydrogen-bond acceptors (Lipinski definition) is 3. The largest absolute Gasteiger partial charge is 0.350 e. The second-order valence-corrected chi connectivity index (χ2v) is 7.67. The highest BCUT2D eigenvalue weighted by Gasteiger charge is 2.19. The highest BCUT2D eigenvalue weighted by molar-refractivity contribution is 9.10. The number of hydrogen-bond donors (Lipinski definition) is 1. The van der Waals surface area contributed by atoms with Crippen molar-refractivity contribution in [3.63, 3.8) is 0 Å². The van der Waals surface area contributed by atoms with Crippen LogP contribution in [-0.2, 0) is 10.0 Å². The van der Waals surface area contributed by atoms with E-state index in [1.807, 2.05) is 12.1 Å². The van der Waals surface area contributed by atoms with Crippen LogP contribution in [0, 0.1) is 0 Å². The minimum absolute atomic E-state index is 0.153. The minimum atomic E-state index is -3.45. The minimum Gasteiger partial charge on any atom is -0.350 e. The molecule has 0 saturated carbocycles. The maximum absolute atomic E-state index is 12.0. The van der Waals surface area contributed by atoms with Gasteiger partial charge in [-0.3, -0.25) is 9.10 Å². The molecule has 2 rings (SSSR count). The maximum Gasteiger partial charge on any atom is 0.251 e. The molecule has 7 heteroatoms. The Morgan fingerprint density at radius 1 is 1.09 bits per heavy atom. The van der Waals surface area contributed by atoms with E-state index in [1.54, 1.807) is 42.5 Å². The van der Waals surface area contributed by atoms with Crippen LogP contribution in [0.4, 0.5) is 5.69 Å². The molecule has 0 fully saturated rings. The van der Waals surface area contributed by atoms with Gasteiger partial charge in [0, 0.05) is 16.6 Å². The lowest BCUT2D eigenvalue weighted by molar-refractivity contribution is 0.0955. The number of sulfonamides is 1. The van der Waals surface area contributed by atoms with Crippen molar-refractivity contribution in [1.82, 2.24) is 5.32 Å². The van der Waals surface area contributed by atoms with E-state index in [9.17, 15) is 13.2 Å². The summed E-state index contributed by atoms with van der Waals surface area (Å²) in [5, 5.41) is 2.73. The number of benzene rings is 2. The molecule has 5 nitrogen and oxygen atoms in total. The number of nitrogens with zero attached hydrogens (tertiary/aromatic N) is 1. The van der Waals surface area contributed by atoms with Crippen molar-refractivity contribution in [2.24, 2.45) is 0 Å². The molecule has 0 radical (unpaired) electrons. The SMILES string of the molecule is CS(=O)(=O)N(CCNC(=O)c1ccccc1)c1ccccc1Br. The average Bonchev–Trinajstić information content (AvgIpc) is 2.52. The van der Waals surface area contributed by atoms with Crippen LogP contribution in [0.3, 0.4) is 0 Å². The van der Waals surface area contributed by atoms with E-state index < -0.39 is 10.0 Å². The Kier molecular flexibility index (Phi) is 5.79. The molecule has 0 heterocycles. The van der Waals surface area contributed by atoms with Gasteiger partial charge in [0.05, 0.1) is 18.5 Å². The third-order valence-corrected chi connectivity index (χ3v) is 5.01. The van der Waals surface area contributed by atoms with Gasteiger partial charge in [-0.05, 0) is 40.2 Å². The molecule has 0 aliphatic heterocycles. The predicted molar refractivity (Wildman–Crippen MR) is 95.1 cm³/mol. The number of carbonyl (C=O) groups excluding carboxylic acids is 1. The van der Waals surface area contributed by atoms with Crippen molar-refractivity contribution in [1.29, 1.82) is 0 Å². The third-order valence-electron chi connectivity index (χ3n) is 3.16. The Balaban J connectivity index is 2.06. The molecule has 1 N–H and O–H groups in total. The molecule has 0 aromatic heterocycles. The van der Waals surface area contributed by atoms with Gasteiger partial charge >= 0.3 is 0 Å². The lowest BCUT2D eigenvalue weighted by Crippen LogP contribution is -2.38. The fraction of sp³-hybridized carbons (Fsp3) is 0.188. The van der Waals surface area contributed by atoms with Crippen LogP contribution < -0.4 is 9.62 Å². The Hall–Kier alpha value is -1.86. The zero-order valence-electron chi connectivity index (χ0n) is 12.6. The number of para-hydroxylation sites is 1. The predicted octanol–water partition coefficient (Wildman–Crippen LogP) is 2.65. The zero-order valence-corrected chi connectivity index (χ0v) is 15.0. The lowest BCUT2D eigenvalue weighted by Gasteiger charge is -2.23. The quantitative estimate of drug-likeness (QED) is 0.815. The van der Waals surface area contributed by atoms with E-state index in [-0.39, 0.29) is 19.0 Å². The summed E-state index contributed by atoms with van der Waals surface area (Å²) in [5.74, 6) is -0.230. The van der Waals surface area contributed by atoms with Crippen LogP contribution >= 0.6 is 15.9 Å². The van der Waals surface area contributed by atoms with E-state index in [0.29, 0.717) is 15.7 Å². The van der Waals surface area contributed by atoms with Crippen molar-refractivity contribution < 1.29 is 13.2 Å². The third kappa shape index (κ3) is 4.80. The number of rotatable bonds is 6. The molecular formula is C16H17BrN2O3S. The summed E-state index contributed by atoms with van der Waals surface area (Å²) < 4.78 is 26.0. The van der Waals surface area contributed by atoms with Gasteiger partial charge in [0.15, 0.2) is 0 Å². The van der Waals surface area contributed by atoms with E-state index in [4.69, 9.17) is 0 Å². The summed E-state index contributed by atoms with van der Waals surface area (Å²) in [6.07, 6.45) is 1.14. The second-order valence-electron chi connectivity index (χ2n) is 4.91. The summed E-state index contributed by atoms with van der Waals surface area (Å²) in [6, 6.07) is 15.9. The molecule has 0 aliphatic carbocycles. The van der Waals surface area contributed by atoms with Gasteiger partial charge in [-0.1, -0.05) is 30.3 Å². The number of carbonyl (C=O) groups is 1. The number of anilines is 1. The Morgan fingerprint density at radius 3 is 2.30 bits per heavy atom. The highest BCUT2D eigenvalue weighted by Crippen LogP contribution is 2.27. The lowest BCUT2D eigenvalue weighted by atomic mass is 10.2. The molecule has 1 amide bonds. The topological polar surface area (TPSA) is 66.5 Å². The first-order valence-corrected chi connectivity index (χ1v) is 9.59. The summed E-state index contributed by atoms with van der Waals surface area (Å²) >= 11 is 3.35. The van der Waals surface area contributed by atoms with Crippen LogP contribution in [0.1, 0.15) is 10.4 Å². The normalized spacial score (nSPS) is 11.0. The van der Waals surface area contributed by atoms with Crippen LogP contribution in [0.5, 0.6) is 0 Å². The summed E-state index contributed by atoms with van der Waals surface area (Å²) in [4.78, 5) is 12.0. The Labute approximate surface area is 144 Å². The summed E-state index contributed by atoms with van der Waals surface area (Å²) in [7, 11) is -3.45. The number of amides is 1. The van der Waals surface area contributed by atoms with Crippen molar-refractivity contribution in [2.75, 3.05) is 23.7 Å². The van der Waals surface area contributed by atoms with Crippen molar-refractivity contribution in [2.45, 2.75) is 0 Å². The standard InChI is InChI=1S/C16H17BrN2O3S/c1-23(21,22)19(15-10-6-5-9-14(15)17)12-11-18-16(20)13-7-3-2-4-8-13/h2-10H,11-12H2,1H3,(H,18,20). The Morgan fingerprint density at radius 2 is 1.70 bits per heavy atom. The molecule has 0 saturated heterocycles. The van der Waals surface area contributed by atoms with Crippen molar-refractivity contribution in [3.8, 4) is 0 Å². The smallest absolute Gasteiger partial charge is 0.251 e. The van der Waals surface area contributed by atoms with E-state index in [2.05, 4.69) is 21.2 Å². The average molecular weight is 397 g/mol. The first-order chi connectivity index (χ1) is 10.9. The number of halogens is 1. The molecule has 122 valence electrons. The molecule has 2 aromatic rings. The van der Waals surface area contributed by atoms with Crippen LogP contribution in [0.2, 0.25) is 0 Å². The van der Waals surface area contributed by atoms with Gasteiger partial charge in [0.2, 0.25) is 10.0 Å². The molecule has 0 spiro atoms. The fourth-order valence-electron chi connectivity index (χ4n) is 2.08. The molecular weight excluding hydrogens is 380 g/mol. The Bertz CT molecular complexity index is 779. The summed E-state index contributed by atoms with van der Waals surface area (Å²) in [6.45, 7) is 0.363. The number of nitrogens with one attached hydrogen (secondary N) is 1. The van der Waals surface area contributed by atoms with Gasteiger partial charge in [-0.2, -0.15) is 0 Å². The van der Waals surface area contributed by atoms with Crippen molar-refractivity contribution >= 4 is 37.5 Å². The van der Waals surface area contributed by atoms with E-state index in [0.717, 1.165) is 6.26 Å². The van der Waals surface area contributed by atoms with Crippen molar-refractivity contribution in [3.05, 3.63) is 64.6 Å². The molecule has 0 atom stereocenters. The van der Waals surface area contributed by atoms with Gasteiger partial charge in [0.25, 0.3) is 5.91 Å². The van der Waals surface area contributed by atoms with Gasteiger partial charge in [-0.15, -0.1) is 0 Å². The molecule has 2 aromatic carbocycles. The zero-order chi connectivity index (χ0) is 16.9. The molecule has 0 bridgehead atoms. The highest BCUT2D eigenvalue weighted by atomic mass is 79.9.